The highest BCUT2D eigenvalue weighted by atomic mass is 35.5. The first kappa shape index (κ1) is 19.5. The molecule has 5 heterocycles. The first-order valence-corrected chi connectivity index (χ1v) is 11.3. The minimum atomic E-state index is -0.166. The average molecular weight is 442 g/mol. The Morgan fingerprint density at radius 3 is 2.68 bits per heavy atom. The molecule has 3 aliphatic rings. The zero-order valence-electron chi connectivity index (χ0n) is 17.1. The van der Waals surface area contributed by atoms with E-state index in [4.69, 9.17) is 35.5 Å². The minimum Gasteiger partial charge on any atom is -0.456 e. The number of nitrogens with zero attached hydrogens (tertiary/aromatic N) is 2. The summed E-state index contributed by atoms with van der Waals surface area (Å²) >= 11 is 6.57. The number of imidazole rings is 1. The summed E-state index contributed by atoms with van der Waals surface area (Å²) in [6.07, 6.45) is 2.98. The van der Waals surface area contributed by atoms with Gasteiger partial charge in [0.2, 0.25) is 0 Å². The summed E-state index contributed by atoms with van der Waals surface area (Å²) in [5.74, 6) is 0.558. The van der Waals surface area contributed by atoms with Crippen molar-refractivity contribution in [2.45, 2.75) is 43.5 Å². The number of aromatic nitrogens is 3. The standard InChI is InChI=1S/C23H24ClN3O4/c24-16-11-17-22(27-23(25-17)31-19-12-30-18-7-10-29-21(18)19)26-20(16)15-3-1-13(2-4-15)14-5-8-28-9-6-14/h1-4,11,14,18-19,21H,5-10,12H2,(H,25,26,27)/t18-,19-,21+/m1/s1. The first-order valence-electron chi connectivity index (χ1n) is 10.9. The van der Waals surface area contributed by atoms with Gasteiger partial charge in [0, 0.05) is 25.4 Å². The van der Waals surface area contributed by atoms with Gasteiger partial charge in [-0.3, -0.25) is 0 Å². The number of hydrogen-bond acceptors (Lipinski definition) is 6. The van der Waals surface area contributed by atoms with Crippen molar-refractivity contribution in [3.63, 3.8) is 0 Å². The molecular formula is C23H24ClN3O4. The fraction of sp³-hybridized carbons (Fsp3) is 0.478. The topological polar surface area (TPSA) is 78.5 Å². The molecule has 0 aliphatic carbocycles. The van der Waals surface area contributed by atoms with E-state index in [0.29, 0.717) is 41.5 Å². The second-order valence-electron chi connectivity index (χ2n) is 8.39. The third kappa shape index (κ3) is 3.69. The molecule has 3 fully saturated rings. The van der Waals surface area contributed by atoms with Crippen LogP contribution in [-0.4, -0.2) is 59.7 Å². The molecule has 3 aliphatic heterocycles. The van der Waals surface area contributed by atoms with Crippen molar-refractivity contribution in [2.75, 3.05) is 26.4 Å². The maximum Gasteiger partial charge on any atom is 0.296 e. The fourth-order valence-electron chi connectivity index (χ4n) is 4.77. The third-order valence-corrected chi connectivity index (χ3v) is 6.75. The lowest BCUT2D eigenvalue weighted by Crippen LogP contribution is -2.32. The molecule has 0 amide bonds. The van der Waals surface area contributed by atoms with E-state index in [-0.39, 0.29) is 18.3 Å². The molecule has 7 nitrogen and oxygen atoms in total. The van der Waals surface area contributed by atoms with Gasteiger partial charge in [0.25, 0.3) is 6.01 Å². The maximum atomic E-state index is 6.57. The summed E-state index contributed by atoms with van der Waals surface area (Å²) < 4.78 is 23.0. The maximum absolute atomic E-state index is 6.57. The lowest BCUT2D eigenvalue weighted by molar-refractivity contribution is 0.0273. The van der Waals surface area contributed by atoms with Gasteiger partial charge < -0.3 is 23.9 Å². The van der Waals surface area contributed by atoms with Crippen LogP contribution >= 0.6 is 11.6 Å². The summed E-state index contributed by atoms with van der Waals surface area (Å²) in [6, 6.07) is 10.8. The summed E-state index contributed by atoms with van der Waals surface area (Å²) in [5, 5.41) is 0.574. The molecule has 0 unspecified atom stereocenters. The van der Waals surface area contributed by atoms with Crippen LogP contribution in [0.4, 0.5) is 0 Å². The minimum absolute atomic E-state index is 0.0328. The molecule has 8 heteroatoms. The molecular weight excluding hydrogens is 418 g/mol. The van der Waals surface area contributed by atoms with E-state index in [2.05, 4.69) is 34.2 Å². The second-order valence-corrected chi connectivity index (χ2v) is 8.80. The zero-order valence-corrected chi connectivity index (χ0v) is 17.8. The van der Waals surface area contributed by atoms with Crippen molar-refractivity contribution in [1.29, 1.82) is 0 Å². The van der Waals surface area contributed by atoms with Gasteiger partial charge in [-0.15, -0.1) is 0 Å². The van der Waals surface area contributed by atoms with Gasteiger partial charge in [-0.25, -0.2) is 4.98 Å². The summed E-state index contributed by atoms with van der Waals surface area (Å²) in [6.45, 7) is 2.88. The lowest BCUT2D eigenvalue weighted by Gasteiger charge is -2.22. The SMILES string of the molecule is Clc1cc2[nH]c(O[C@@H]3CO[C@@H]4CCO[C@@H]43)nc2nc1-c1ccc(C2CCOCC2)cc1. The van der Waals surface area contributed by atoms with Gasteiger partial charge in [-0.2, -0.15) is 4.98 Å². The molecule has 1 N–H and O–H groups in total. The molecule has 31 heavy (non-hydrogen) atoms. The highest BCUT2D eigenvalue weighted by Crippen LogP contribution is 2.33. The Kier molecular flexibility index (Phi) is 5.07. The van der Waals surface area contributed by atoms with E-state index in [0.717, 1.165) is 43.6 Å². The average Bonchev–Trinajstić information content (AvgIpc) is 3.51. The number of H-pyrrole nitrogens is 1. The first-order chi connectivity index (χ1) is 15.2. The predicted molar refractivity (Wildman–Crippen MR) is 116 cm³/mol. The Morgan fingerprint density at radius 1 is 1.00 bits per heavy atom. The molecule has 2 aromatic heterocycles. The second kappa shape index (κ2) is 8.06. The number of pyridine rings is 1. The Labute approximate surface area is 185 Å². The van der Waals surface area contributed by atoms with Gasteiger partial charge in [0.1, 0.15) is 6.10 Å². The highest BCUT2D eigenvalue weighted by molar-refractivity contribution is 6.33. The number of halogens is 1. The molecule has 0 spiro atoms. The van der Waals surface area contributed by atoms with Crippen LogP contribution in [0.5, 0.6) is 6.01 Å². The van der Waals surface area contributed by atoms with Crippen molar-refractivity contribution in [1.82, 2.24) is 15.0 Å². The molecule has 0 bridgehead atoms. The van der Waals surface area contributed by atoms with Crippen molar-refractivity contribution >= 4 is 22.8 Å². The van der Waals surface area contributed by atoms with E-state index in [1.54, 1.807) is 0 Å². The number of aromatic amines is 1. The van der Waals surface area contributed by atoms with E-state index >= 15 is 0 Å². The van der Waals surface area contributed by atoms with E-state index in [1.807, 2.05) is 6.07 Å². The summed E-state index contributed by atoms with van der Waals surface area (Å²) in [7, 11) is 0. The van der Waals surface area contributed by atoms with Crippen molar-refractivity contribution in [3.05, 3.63) is 40.9 Å². The number of fused-ring (bicyclic) bond motifs is 2. The van der Waals surface area contributed by atoms with Crippen molar-refractivity contribution in [3.8, 4) is 17.3 Å². The van der Waals surface area contributed by atoms with E-state index in [1.165, 1.54) is 5.56 Å². The lowest BCUT2D eigenvalue weighted by atomic mass is 9.91. The normalized spacial score (nSPS) is 26.4. The molecule has 1 aromatic carbocycles. The molecule has 3 atom stereocenters. The van der Waals surface area contributed by atoms with Crippen LogP contribution in [-0.2, 0) is 14.2 Å². The number of rotatable bonds is 4. The van der Waals surface area contributed by atoms with Gasteiger partial charge in [0.15, 0.2) is 11.8 Å². The van der Waals surface area contributed by atoms with Crippen LogP contribution in [0.2, 0.25) is 5.02 Å². The number of ether oxygens (including phenoxy) is 4. The Morgan fingerprint density at radius 2 is 1.84 bits per heavy atom. The quantitative estimate of drug-likeness (QED) is 0.656. The van der Waals surface area contributed by atoms with Crippen LogP contribution in [0.25, 0.3) is 22.4 Å². The molecule has 162 valence electrons. The van der Waals surface area contributed by atoms with Crippen LogP contribution in [0.3, 0.4) is 0 Å². The number of benzene rings is 1. The van der Waals surface area contributed by atoms with Crippen molar-refractivity contribution < 1.29 is 18.9 Å². The molecule has 3 saturated heterocycles. The number of hydrogen-bond donors (Lipinski definition) is 1. The van der Waals surface area contributed by atoms with Gasteiger partial charge >= 0.3 is 0 Å². The van der Waals surface area contributed by atoms with Gasteiger partial charge in [0.05, 0.1) is 28.9 Å². The zero-order chi connectivity index (χ0) is 20.8. The Bertz CT molecular complexity index is 1080. The predicted octanol–water partition coefficient (Wildman–Crippen LogP) is 4.11. The molecule has 6 rings (SSSR count). The van der Waals surface area contributed by atoms with Crippen LogP contribution in [0.1, 0.15) is 30.7 Å². The summed E-state index contributed by atoms with van der Waals surface area (Å²) in [4.78, 5) is 12.4. The molecule has 0 radical (unpaired) electrons. The Balaban J connectivity index is 1.24. The van der Waals surface area contributed by atoms with E-state index in [9.17, 15) is 0 Å². The van der Waals surface area contributed by atoms with Crippen LogP contribution in [0, 0.1) is 0 Å². The smallest absolute Gasteiger partial charge is 0.296 e. The van der Waals surface area contributed by atoms with Crippen molar-refractivity contribution in [2.24, 2.45) is 0 Å². The third-order valence-electron chi connectivity index (χ3n) is 6.46. The molecule has 3 aromatic rings. The van der Waals surface area contributed by atoms with Crippen LogP contribution < -0.4 is 4.74 Å². The van der Waals surface area contributed by atoms with E-state index < -0.39 is 0 Å². The fourth-order valence-corrected chi connectivity index (χ4v) is 5.03. The molecule has 0 saturated carbocycles. The number of nitrogens with one attached hydrogen (secondary N) is 1. The van der Waals surface area contributed by atoms with Gasteiger partial charge in [-0.05, 0) is 36.8 Å². The van der Waals surface area contributed by atoms with Crippen LogP contribution in [0.15, 0.2) is 30.3 Å². The highest BCUT2D eigenvalue weighted by Gasteiger charge is 2.43. The monoisotopic (exact) mass is 441 g/mol. The Hall–Kier alpha value is -2.19. The largest absolute Gasteiger partial charge is 0.456 e. The summed E-state index contributed by atoms with van der Waals surface area (Å²) in [5.41, 5.74) is 4.34. The van der Waals surface area contributed by atoms with Gasteiger partial charge in [-0.1, -0.05) is 35.9 Å².